The molecule has 0 aliphatic carbocycles. The molecule has 0 amide bonds. The number of allylic oxidation sites excluding steroid dienone is 2. The van der Waals surface area contributed by atoms with E-state index >= 15 is 0 Å². The number of methoxy groups -OCH3 is 1. The molecule has 0 aliphatic heterocycles. The first-order valence-corrected chi connectivity index (χ1v) is 5.42. The molecular weight excluding hydrogens is 214 g/mol. The summed E-state index contributed by atoms with van der Waals surface area (Å²) >= 11 is 0. The van der Waals surface area contributed by atoms with Crippen LogP contribution in [0.15, 0.2) is 42.5 Å². The van der Waals surface area contributed by atoms with E-state index in [2.05, 4.69) is 22.2 Å². The number of ether oxygens (including phenoxy) is 1. The number of benzene rings is 1. The molecule has 0 spiro atoms. The van der Waals surface area contributed by atoms with Crippen LogP contribution in [0, 0.1) is 0 Å². The lowest BCUT2D eigenvalue weighted by atomic mass is 10.1. The van der Waals surface area contributed by atoms with Gasteiger partial charge in [-0.25, -0.2) is 4.79 Å². The van der Waals surface area contributed by atoms with E-state index in [1.54, 1.807) is 6.08 Å². The minimum Gasteiger partial charge on any atom is -0.466 e. The minimum atomic E-state index is -0.348. The highest BCUT2D eigenvalue weighted by atomic mass is 16.5. The maximum atomic E-state index is 10.8. The van der Waals surface area contributed by atoms with Crippen LogP contribution in [0.25, 0.3) is 6.08 Å². The molecule has 0 radical (unpaired) electrons. The van der Waals surface area contributed by atoms with Gasteiger partial charge in [0.1, 0.15) is 0 Å². The van der Waals surface area contributed by atoms with Gasteiger partial charge in [0.05, 0.1) is 7.11 Å². The highest BCUT2D eigenvalue weighted by molar-refractivity contribution is 5.82. The zero-order chi connectivity index (χ0) is 12.5. The fraction of sp³-hybridized carbons (Fsp3) is 0.214. The number of carbonyl (C=O) groups is 1. The zero-order valence-corrected chi connectivity index (χ0v) is 10.1. The molecule has 0 fully saturated rings. The van der Waals surface area contributed by atoms with Crippen molar-refractivity contribution in [1.29, 1.82) is 0 Å². The molecule has 1 aromatic carbocycles. The summed E-state index contributed by atoms with van der Waals surface area (Å²) in [6.07, 6.45) is 6.78. The second-order valence-corrected chi connectivity index (χ2v) is 3.51. The Hall–Kier alpha value is -1.87. The van der Waals surface area contributed by atoms with Crippen molar-refractivity contribution in [2.45, 2.75) is 6.54 Å². The van der Waals surface area contributed by atoms with E-state index in [1.165, 1.54) is 18.7 Å². The SMILES string of the molecule is CNCc1ccc(/C=C/C=C/C(=O)OC)cc1. The fourth-order valence-electron chi connectivity index (χ4n) is 1.32. The summed E-state index contributed by atoms with van der Waals surface area (Å²) in [5.41, 5.74) is 2.34. The van der Waals surface area contributed by atoms with E-state index in [-0.39, 0.29) is 5.97 Å². The Morgan fingerprint density at radius 3 is 2.59 bits per heavy atom. The van der Waals surface area contributed by atoms with Gasteiger partial charge in [0.2, 0.25) is 0 Å². The third kappa shape index (κ3) is 5.13. The molecule has 3 nitrogen and oxygen atoms in total. The first-order chi connectivity index (χ1) is 8.26. The Morgan fingerprint density at radius 1 is 1.29 bits per heavy atom. The molecule has 90 valence electrons. The molecule has 3 heteroatoms. The van der Waals surface area contributed by atoms with Crippen molar-refractivity contribution in [2.24, 2.45) is 0 Å². The standard InChI is InChI=1S/C14H17NO2/c1-15-11-13-9-7-12(8-10-13)5-3-4-6-14(16)17-2/h3-10,15H,11H2,1-2H3/b5-3+,6-4+. The Bertz CT molecular complexity index is 405. The van der Waals surface area contributed by atoms with Crippen LogP contribution in [0.4, 0.5) is 0 Å². The number of nitrogens with one attached hydrogen (secondary N) is 1. The predicted octanol–water partition coefficient (Wildman–Crippen LogP) is 2.15. The van der Waals surface area contributed by atoms with Crippen LogP contribution >= 0.6 is 0 Å². The summed E-state index contributed by atoms with van der Waals surface area (Å²) in [7, 11) is 3.28. The summed E-state index contributed by atoms with van der Waals surface area (Å²) in [6.45, 7) is 0.867. The molecule has 0 bridgehead atoms. The van der Waals surface area contributed by atoms with E-state index in [1.807, 2.05) is 31.3 Å². The molecule has 0 saturated heterocycles. The minimum absolute atomic E-state index is 0.348. The Kier molecular flexibility index (Phi) is 5.75. The first-order valence-electron chi connectivity index (χ1n) is 5.42. The average molecular weight is 231 g/mol. The summed E-state index contributed by atoms with van der Waals surface area (Å²) in [6, 6.07) is 8.21. The molecule has 0 aliphatic rings. The van der Waals surface area contributed by atoms with Crippen molar-refractivity contribution in [1.82, 2.24) is 5.32 Å². The lowest BCUT2D eigenvalue weighted by molar-refractivity contribution is -0.134. The predicted molar refractivity (Wildman–Crippen MR) is 69.4 cm³/mol. The lowest BCUT2D eigenvalue weighted by Crippen LogP contribution is -2.04. The quantitative estimate of drug-likeness (QED) is 0.479. The molecule has 1 rings (SSSR count). The van der Waals surface area contributed by atoms with Crippen molar-refractivity contribution in [2.75, 3.05) is 14.2 Å². The van der Waals surface area contributed by atoms with Gasteiger partial charge in [0, 0.05) is 12.6 Å². The number of hydrogen-bond acceptors (Lipinski definition) is 3. The highest BCUT2D eigenvalue weighted by Crippen LogP contribution is 2.06. The van der Waals surface area contributed by atoms with Crippen LogP contribution in [0.5, 0.6) is 0 Å². The van der Waals surface area contributed by atoms with Crippen LogP contribution in [-0.2, 0) is 16.1 Å². The average Bonchev–Trinajstić information content (AvgIpc) is 2.36. The number of esters is 1. The zero-order valence-electron chi connectivity index (χ0n) is 10.1. The van der Waals surface area contributed by atoms with Crippen molar-refractivity contribution in [3.8, 4) is 0 Å². The molecule has 0 saturated carbocycles. The van der Waals surface area contributed by atoms with E-state index in [0.717, 1.165) is 12.1 Å². The summed E-state index contributed by atoms with van der Waals surface area (Å²) in [5.74, 6) is -0.348. The summed E-state index contributed by atoms with van der Waals surface area (Å²) < 4.78 is 4.48. The summed E-state index contributed by atoms with van der Waals surface area (Å²) in [5, 5.41) is 3.09. The second kappa shape index (κ2) is 7.41. The van der Waals surface area contributed by atoms with Gasteiger partial charge in [0.15, 0.2) is 0 Å². The van der Waals surface area contributed by atoms with Crippen molar-refractivity contribution in [3.05, 3.63) is 53.6 Å². The third-order valence-corrected chi connectivity index (χ3v) is 2.19. The first kappa shape index (κ1) is 13.2. The van der Waals surface area contributed by atoms with Gasteiger partial charge in [-0.1, -0.05) is 42.5 Å². The molecule has 0 heterocycles. The Morgan fingerprint density at radius 2 is 2.00 bits per heavy atom. The van der Waals surface area contributed by atoms with Crippen LogP contribution < -0.4 is 5.32 Å². The highest BCUT2D eigenvalue weighted by Gasteiger charge is 1.90. The van der Waals surface area contributed by atoms with Crippen LogP contribution in [0.1, 0.15) is 11.1 Å². The van der Waals surface area contributed by atoms with Crippen LogP contribution in [0.2, 0.25) is 0 Å². The molecular formula is C14H17NO2. The second-order valence-electron chi connectivity index (χ2n) is 3.51. The number of rotatable bonds is 5. The monoisotopic (exact) mass is 231 g/mol. The van der Waals surface area contributed by atoms with Gasteiger partial charge >= 0.3 is 5.97 Å². The van der Waals surface area contributed by atoms with Crippen LogP contribution in [0.3, 0.4) is 0 Å². The third-order valence-electron chi connectivity index (χ3n) is 2.19. The van der Waals surface area contributed by atoms with Gasteiger partial charge < -0.3 is 10.1 Å². The van der Waals surface area contributed by atoms with Crippen LogP contribution in [-0.4, -0.2) is 20.1 Å². The fourth-order valence-corrected chi connectivity index (χ4v) is 1.32. The molecule has 0 atom stereocenters. The van der Waals surface area contributed by atoms with E-state index in [9.17, 15) is 4.79 Å². The van der Waals surface area contributed by atoms with Gasteiger partial charge in [0.25, 0.3) is 0 Å². The smallest absolute Gasteiger partial charge is 0.330 e. The molecule has 1 aromatic rings. The number of hydrogen-bond donors (Lipinski definition) is 1. The molecule has 17 heavy (non-hydrogen) atoms. The van der Waals surface area contributed by atoms with Gasteiger partial charge in [-0.05, 0) is 18.2 Å². The van der Waals surface area contributed by atoms with E-state index in [0.29, 0.717) is 0 Å². The van der Waals surface area contributed by atoms with Crippen molar-refractivity contribution < 1.29 is 9.53 Å². The van der Waals surface area contributed by atoms with Gasteiger partial charge in [-0.15, -0.1) is 0 Å². The largest absolute Gasteiger partial charge is 0.466 e. The normalized spacial score (nSPS) is 11.2. The number of carbonyl (C=O) groups excluding carboxylic acids is 1. The molecule has 0 aromatic heterocycles. The molecule has 1 N–H and O–H groups in total. The Labute approximate surface area is 102 Å². The lowest BCUT2D eigenvalue weighted by Gasteiger charge is -1.99. The topological polar surface area (TPSA) is 38.3 Å². The van der Waals surface area contributed by atoms with Crippen molar-refractivity contribution >= 4 is 12.0 Å². The van der Waals surface area contributed by atoms with Gasteiger partial charge in [-0.2, -0.15) is 0 Å². The summed E-state index contributed by atoms with van der Waals surface area (Å²) in [4.78, 5) is 10.8. The molecule has 0 unspecified atom stereocenters. The maximum absolute atomic E-state index is 10.8. The van der Waals surface area contributed by atoms with E-state index in [4.69, 9.17) is 0 Å². The maximum Gasteiger partial charge on any atom is 0.330 e. The van der Waals surface area contributed by atoms with Gasteiger partial charge in [-0.3, -0.25) is 0 Å². The Balaban J connectivity index is 2.54. The van der Waals surface area contributed by atoms with Crippen molar-refractivity contribution in [3.63, 3.8) is 0 Å². The van der Waals surface area contributed by atoms with E-state index < -0.39 is 0 Å².